The third-order valence-corrected chi connectivity index (χ3v) is 4.74. The highest BCUT2D eigenvalue weighted by atomic mass is 16.6. The first kappa shape index (κ1) is 24.7. The zero-order valence-corrected chi connectivity index (χ0v) is 19.4. The van der Waals surface area contributed by atoms with Crippen LogP contribution in [0.25, 0.3) is 0 Å². The maximum absolute atomic E-state index is 12.3. The second kappa shape index (κ2) is 10.7. The summed E-state index contributed by atoms with van der Waals surface area (Å²) in [4.78, 5) is 24.5. The van der Waals surface area contributed by atoms with Crippen LogP contribution < -0.4 is 10.1 Å². The molecule has 32 heavy (non-hydrogen) atoms. The van der Waals surface area contributed by atoms with Crippen LogP contribution in [0.1, 0.15) is 48.6 Å². The van der Waals surface area contributed by atoms with Crippen molar-refractivity contribution >= 4 is 12.1 Å². The van der Waals surface area contributed by atoms with Crippen molar-refractivity contribution in [1.82, 2.24) is 5.32 Å². The van der Waals surface area contributed by atoms with Crippen LogP contribution in [0.3, 0.4) is 0 Å². The molecule has 0 aliphatic rings. The predicted octanol–water partition coefficient (Wildman–Crippen LogP) is 4.36. The van der Waals surface area contributed by atoms with Gasteiger partial charge in [0.2, 0.25) is 0 Å². The monoisotopic (exact) mass is 438 g/mol. The van der Waals surface area contributed by atoms with E-state index in [9.17, 15) is 9.59 Å². The van der Waals surface area contributed by atoms with Crippen LogP contribution in [0.4, 0.5) is 4.79 Å². The number of alkyl carbamates (subject to hydrolysis) is 1. The number of methoxy groups -OCH3 is 1. The van der Waals surface area contributed by atoms with E-state index in [1.807, 2.05) is 38.1 Å². The van der Waals surface area contributed by atoms with E-state index >= 15 is 0 Å². The van der Waals surface area contributed by atoms with Crippen LogP contribution in [0.15, 0.2) is 36.4 Å². The molecule has 1 atom stereocenters. The second-order valence-corrected chi connectivity index (χ2v) is 8.56. The lowest BCUT2D eigenvalue weighted by molar-refractivity contribution is -0.143. The van der Waals surface area contributed by atoms with E-state index in [0.717, 1.165) is 22.3 Å². The zero-order valence-electron chi connectivity index (χ0n) is 19.4. The van der Waals surface area contributed by atoms with Crippen molar-refractivity contribution in [3.63, 3.8) is 0 Å². The molecule has 2 aromatic carbocycles. The highest BCUT2D eigenvalue weighted by molar-refractivity contribution is 5.81. The summed E-state index contributed by atoms with van der Waals surface area (Å²) in [7, 11) is 1.28. The topological polar surface area (TPSA) is 97.6 Å². The molecule has 1 N–H and O–H groups in total. The molecule has 7 nitrogen and oxygen atoms in total. The van der Waals surface area contributed by atoms with Gasteiger partial charge in [-0.25, -0.2) is 9.59 Å². The number of nitriles is 1. The van der Waals surface area contributed by atoms with Crippen molar-refractivity contribution in [2.45, 2.75) is 59.3 Å². The number of hydrogen-bond donors (Lipinski definition) is 1. The fourth-order valence-electron chi connectivity index (χ4n) is 3.19. The largest absolute Gasteiger partial charge is 0.489 e. The molecule has 0 bridgehead atoms. The maximum atomic E-state index is 12.3. The first-order valence-electron chi connectivity index (χ1n) is 10.3. The lowest BCUT2D eigenvalue weighted by Gasteiger charge is -2.23. The van der Waals surface area contributed by atoms with E-state index in [1.165, 1.54) is 7.11 Å². The minimum Gasteiger partial charge on any atom is -0.489 e. The third-order valence-electron chi connectivity index (χ3n) is 4.74. The Morgan fingerprint density at radius 2 is 1.69 bits per heavy atom. The molecule has 2 aromatic rings. The van der Waals surface area contributed by atoms with Gasteiger partial charge in [0.05, 0.1) is 18.7 Å². The van der Waals surface area contributed by atoms with Gasteiger partial charge in [0, 0.05) is 6.42 Å². The first-order valence-corrected chi connectivity index (χ1v) is 10.3. The van der Waals surface area contributed by atoms with Crippen molar-refractivity contribution in [2.24, 2.45) is 0 Å². The van der Waals surface area contributed by atoms with Gasteiger partial charge in [0.1, 0.15) is 24.0 Å². The van der Waals surface area contributed by atoms with E-state index < -0.39 is 23.7 Å². The molecule has 0 heterocycles. The third kappa shape index (κ3) is 7.31. The average Bonchev–Trinajstić information content (AvgIpc) is 2.72. The fraction of sp³-hybridized carbons (Fsp3) is 0.400. The molecule has 0 radical (unpaired) electrons. The van der Waals surface area contributed by atoms with Crippen molar-refractivity contribution in [1.29, 1.82) is 5.26 Å². The minimum atomic E-state index is -0.877. The van der Waals surface area contributed by atoms with Crippen molar-refractivity contribution in [2.75, 3.05) is 7.11 Å². The van der Waals surface area contributed by atoms with Gasteiger partial charge in [0.15, 0.2) is 0 Å². The van der Waals surface area contributed by atoms with E-state index in [0.29, 0.717) is 17.9 Å². The molecule has 0 aromatic heterocycles. The van der Waals surface area contributed by atoms with Crippen LogP contribution in [0.2, 0.25) is 0 Å². The minimum absolute atomic E-state index is 0.263. The van der Waals surface area contributed by atoms with E-state index in [-0.39, 0.29) is 6.42 Å². The number of rotatable bonds is 7. The molecule has 1 amide bonds. The van der Waals surface area contributed by atoms with Crippen LogP contribution in [0, 0.1) is 25.2 Å². The Morgan fingerprint density at radius 1 is 1.09 bits per heavy atom. The molecular formula is C25H30N2O5. The molecule has 0 saturated heterocycles. The quantitative estimate of drug-likeness (QED) is 0.645. The number of carbonyl (C=O) groups excluding carboxylic acids is 2. The van der Waals surface area contributed by atoms with Crippen LogP contribution in [0.5, 0.6) is 5.75 Å². The molecule has 0 saturated carbocycles. The van der Waals surface area contributed by atoms with Crippen molar-refractivity contribution in [3.8, 4) is 11.8 Å². The summed E-state index contributed by atoms with van der Waals surface area (Å²) in [5, 5.41) is 11.5. The van der Waals surface area contributed by atoms with Gasteiger partial charge < -0.3 is 19.5 Å². The molecular weight excluding hydrogens is 408 g/mol. The summed E-state index contributed by atoms with van der Waals surface area (Å²) >= 11 is 0. The number of amides is 1. The van der Waals surface area contributed by atoms with Gasteiger partial charge in [0.25, 0.3) is 0 Å². The smallest absolute Gasteiger partial charge is 0.408 e. The summed E-state index contributed by atoms with van der Waals surface area (Å²) in [6, 6.07) is 12.2. The molecule has 0 spiro atoms. The first-order chi connectivity index (χ1) is 15.0. The molecule has 0 unspecified atom stereocenters. The van der Waals surface area contributed by atoms with Gasteiger partial charge in [-0.05, 0) is 81.1 Å². The summed E-state index contributed by atoms with van der Waals surface area (Å²) in [5.74, 6) is 0.152. The second-order valence-electron chi connectivity index (χ2n) is 8.56. The van der Waals surface area contributed by atoms with Gasteiger partial charge in [-0.2, -0.15) is 5.26 Å². The number of nitrogens with zero attached hydrogens (tertiary/aromatic N) is 1. The predicted molar refractivity (Wildman–Crippen MR) is 120 cm³/mol. The van der Waals surface area contributed by atoms with Crippen molar-refractivity contribution in [3.05, 3.63) is 64.2 Å². The number of nitrogens with one attached hydrogen (secondary N) is 1. The molecule has 2 rings (SSSR count). The Bertz CT molecular complexity index is 977. The molecule has 0 aliphatic carbocycles. The van der Waals surface area contributed by atoms with Gasteiger partial charge in [-0.1, -0.05) is 12.1 Å². The molecule has 0 fully saturated rings. The van der Waals surface area contributed by atoms with Gasteiger partial charge >= 0.3 is 12.1 Å². The Balaban J connectivity index is 2.13. The Hall–Kier alpha value is -3.53. The SMILES string of the molecule is COC(=O)[C@H](Cc1c(C)cc(OCc2ccc(C#N)cc2)cc1C)NC(=O)OC(C)(C)C. The standard InChI is InChI=1S/C25H30N2O5/c1-16-11-20(31-15-19-9-7-18(14-26)8-10-19)12-17(2)21(16)13-22(23(28)30-6)27-24(29)32-25(3,4)5/h7-12,22H,13,15H2,1-6H3,(H,27,29)/t22-/m0/s1. The van der Waals surface area contributed by atoms with Gasteiger partial charge in [-0.15, -0.1) is 0 Å². The normalized spacial score (nSPS) is 11.8. The number of esters is 1. The Kier molecular flexibility index (Phi) is 8.25. The van der Waals surface area contributed by atoms with Crippen LogP contribution in [-0.4, -0.2) is 30.8 Å². The number of carbonyl (C=O) groups is 2. The number of aryl methyl sites for hydroxylation is 2. The Labute approximate surface area is 189 Å². The summed E-state index contributed by atoms with van der Waals surface area (Å²) in [5.41, 5.74) is 3.66. The molecule has 0 aliphatic heterocycles. The highest BCUT2D eigenvalue weighted by Crippen LogP contribution is 2.24. The van der Waals surface area contributed by atoms with Crippen molar-refractivity contribution < 1.29 is 23.8 Å². The molecule has 170 valence electrons. The highest BCUT2D eigenvalue weighted by Gasteiger charge is 2.26. The summed E-state index contributed by atoms with van der Waals surface area (Å²) in [6.45, 7) is 9.49. The lowest BCUT2D eigenvalue weighted by Crippen LogP contribution is -2.45. The lowest BCUT2D eigenvalue weighted by atomic mass is 9.96. The zero-order chi connectivity index (χ0) is 23.9. The summed E-state index contributed by atoms with van der Waals surface area (Å²) < 4.78 is 16.1. The van der Waals surface area contributed by atoms with E-state index in [2.05, 4.69) is 11.4 Å². The fourth-order valence-corrected chi connectivity index (χ4v) is 3.19. The summed E-state index contributed by atoms with van der Waals surface area (Å²) in [6.07, 6.45) is -0.412. The van der Waals surface area contributed by atoms with E-state index in [1.54, 1.807) is 32.9 Å². The molecule has 7 heteroatoms. The maximum Gasteiger partial charge on any atom is 0.408 e. The average molecular weight is 439 g/mol. The number of benzene rings is 2. The Morgan fingerprint density at radius 3 is 2.19 bits per heavy atom. The number of hydrogen-bond acceptors (Lipinski definition) is 6. The van der Waals surface area contributed by atoms with Crippen LogP contribution >= 0.6 is 0 Å². The number of ether oxygens (including phenoxy) is 3. The van der Waals surface area contributed by atoms with Crippen LogP contribution in [-0.2, 0) is 27.3 Å². The van der Waals surface area contributed by atoms with Gasteiger partial charge in [-0.3, -0.25) is 0 Å². The van der Waals surface area contributed by atoms with E-state index in [4.69, 9.17) is 19.5 Å².